The smallest absolute Gasteiger partial charge is 0.314 e. The molecule has 0 heterocycles. The third kappa shape index (κ3) is 10.1. The lowest BCUT2D eigenvalue weighted by Crippen LogP contribution is -2.43. The van der Waals surface area contributed by atoms with E-state index in [1.54, 1.807) is 0 Å². The summed E-state index contributed by atoms with van der Waals surface area (Å²) in [4.78, 5) is 25.1. The van der Waals surface area contributed by atoms with E-state index in [1.165, 1.54) is 0 Å². The molecule has 0 aromatic carbocycles. The van der Waals surface area contributed by atoms with Gasteiger partial charge in [0.25, 0.3) is 0 Å². The molecule has 1 unspecified atom stereocenters. The fourth-order valence-corrected chi connectivity index (χ4v) is 2.13. The summed E-state index contributed by atoms with van der Waals surface area (Å²) in [5.74, 6) is -1.42. The van der Waals surface area contributed by atoms with E-state index in [2.05, 4.69) is 29.4 Å². The minimum absolute atomic E-state index is 0.0794. The lowest BCUT2D eigenvalue weighted by Gasteiger charge is -2.23. The Morgan fingerprint density at radius 3 is 2.14 bits per heavy atom. The van der Waals surface area contributed by atoms with E-state index in [0.29, 0.717) is 13.0 Å². The molecule has 0 spiro atoms. The van der Waals surface area contributed by atoms with Gasteiger partial charge in [-0.15, -0.1) is 0 Å². The number of aliphatic carboxylic acids is 1. The number of carbonyl (C=O) groups is 2. The van der Waals surface area contributed by atoms with Crippen LogP contribution in [0.2, 0.25) is 0 Å². The molecule has 0 aliphatic rings. The number of rotatable bonds is 9. The van der Waals surface area contributed by atoms with Gasteiger partial charge in [-0.25, -0.2) is 4.79 Å². The summed E-state index contributed by atoms with van der Waals surface area (Å²) in [5, 5.41) is 14.6. The van der Waals surface area contributed by atoms with E-state index >= 15 is 0 Å². The molecule has 0 aliphatic heterocycles. The Hall–Kier alpha value is -1.30. The normalized spacial score (nSPS) is 13.0. The Morgan fingerprint density at radius 1 is 1.14 bits per heavy atom. The molecule has 2 amide bonds. The molecular formula is C15H31N3O3. The number of urea groups is 1. The number of hydrogen-bond acceptors (Lipinski definition) is 3. The highest BCUT2D eigenvalue weighted by molar-refractivity contribution is 5.75. The first-order valence-corrected chi connectivity index (χ1v) is 7.66. The first-order chi connectivity index (χ1) is 9.69. The number of carbonyl (C=O) groups excluding carboxylic acids is 1. The lowest BCUT2D eigenvalue weighted by atomic mass is 9.84. The van der Waals surface area contributed by atoms with E-state index in [0.717, 1.165) is 19.6 Å². The highest BCUT2D eigenvalue weighted by atomic mass is 16.4. The van der Waals surface area contributed by atoms with E-state index in [4.69, 9.17) is 0 Å². The maximum atomic E-state index is 11.7. The number of nitrogens with zero attached hydrogens (tertiary/aromatic N) is 1. The van der Waals surface area contributed by atoms with Crippen molar-refractivity contribution in [3.05, 3.63) is 0 Å². The highest BCUT2D eigenvalue weighted by Gasteiger charge is 2.24. The van der Waals surface area contributed by atoms with Crippen molar-refractivity contribution in [3.63, 3.8) is 0 Å². The van der Waals surface area contributed by atoms with Gasteiger partial charge >= 0.3 is 12.0 Å². The van der Waals surface area contributed by atoms with Crippen molar-refractivity contribution in [2.45, 2.75) is 41.0 Å². The molecule has 1 atom stereocenters. The third-order valence-electron chi connectivity index (χ3n) is 3.33. The largest absolute Gasteiger partial charge is 0.481 e. The Labute approximate surface area is 128 Å². The zero-order chi connectivity index (χ0) is 16.5. The molecule has 6 nitrogen and oxygen atoms in total. The van der Waals surface area contributed by atoms with Gasteiger partial charge in [-0.2, -0.15) is 0 Å². The van der Waals surface area contributed by atoms with Gasteiger partial charge < -0.3 is 20.6 Å². The fraction of sp³-hybridized carbons (Fsp3) is 0.867. The number of likely N-dealkylation sites (N-methyl/N-ethyl adjacent to an activating group) is 1. The first kappa shape index (κ1) is 19.7. The maximum absolute atomic E-state index is 11.7. The summed E-state index contributed by atoms with van der Waals surface area (Å²) in [6, 6.07) is -0.303. The summed E-state index contributed by atoms with van der Waals surface area (Å²) in [7, 11) is 0. The van der Waals surface area contributed by atoms with Crippen LogP contribution in [0.3, 0.4) is 0 Å². The van der Waals surface area contributed by atoms with E-state index in [9.17, 15) is 14.7 Å². The molecule has 0 aliphatic carbocycles. The van der Waals surface area contributed by atoms with Crippen molar-refractivity contribution in [1.29, 1.82) is 0 Å². The molecule has 0 bridgehead atoms. The van der Waals surface area contributed by atoms with Gasteiger partial charge in [0.1, 0.15) is 0 Å². The van der Waals surface area contributed by atoms with Crippen LogP contribution in [0.5, 0.6) is 0 Å². The first-order valence-electron chi connectivity index (χ1n) is 7.66. The van der Waals surface area contributed by atoms with Crippen molar-refractivity contribution in [3.8, 4) is 0 Å². The van der Waals surface area contributed by atoms with Crippen molar-refractivity contribution in [1.82, 2.24) is 15.5 Å². The zero-order valence-electron chi connectivity index (χ0n) is 14.0. The van der Waals surface area contributed by atoms with Gasteiger partial charge in [0, 0.05) is 19.6 Å². The topological polar surface area (TPSA) is 81.7 Å². The van der Waals surface area contributed by atoms with Crippen molar-refractivity contribution < 1.29 is 14.7 Å². The molecule has 0 radical (unpaired) electrons. The maximum Gasteiger partial charge on any atom is 0.314 e. The Kier molecular flexibility index (Phi) is 9.01. The molecular weight excluding hydrogens is 270 g/mol. The molecule has 0 fully saturated rings. The van der Waals surface area contributed by atoms with Crippen LogP contribution in [0.4, 0.5) is 4.79 Å². The summed E-state index contributed by atoms with van der Waals surface area (Å²) in [6.07, 6.45) is 0.530. The Balaban J connectivity index is 4.06. The van der Waals surface area contributed by atoms with Crippen LogP contribution in [-0.2, 0) is 4.79 Å². The summed E-state index contributed by atoms with van der Waals surface area (Å²) in [5.41, 5.74) is -0.0794. The predicted molar refractivity (Wildman–Crippen MR) is 84.4 cm³/mol. The second-order valence-corrected chi connectivity index (χ2v) is 6.46. The second-order valence-electron chi connectivity index (χ2n) is 6.46. The molecule has 0 aromatic heterocycles. The second kappa shape index (κ2) is 9.60. The van der Waals surface area contributed by atoms with Crippen LogP contribution in [0.25, 0.3) is 0 Å². The van der Waals surface area contributed by atoms with E-state index < -0.39 is 11.9 Å². The molecule has 3 N–H and O–H groups in total. The quantitative estimate of drug-likeness (QED) is 0.606. The van der Waals surface area contributed by atoms with Crippen LogP contribution >= 0.6 is 0 Å². The standard InChI is InChI=1S/C15H31N3O3/c1-6-18(7-2)9-8-16-14(21)17-11-12(13(19)20)10-15(3,4)5/h12H,6-11H2,1-5H3,(H,19,20)(H2,16,17,21). The van der Waals surface area contributed by atoms with E-state index in [1.807, 2.05) is 20.8 Å². The zero-order valence-corrected chi connectivity index (χ0v) is 14.0. The van der Waals surface area contributed by atoms with Crippen LogP contribution in [0.15, 0.2) is 0 Å². The summed E-state index contributed by atoms with van der Waals surface area (Å²) in [6.45, 7) is 13.5. The molecule has 6 heteroatoms. The van der Waals surface area contributed by atoms with Gasteiger partial charge in [-0.1, -0.05) is 34.6 Å². The number of amides is 2. The summed E-state index contributed by atoms with van der Waals surface area (Å²) >= 11 is 0. The lowest BCUT2D eigenvalue weighted by molar-refractivity contribution is -0.142. The third-order valence-corrected chi connectivity index (χ3v) is 3.33. The Morgan fingerprint density at radius 2 is 1.71 bits per heavy atom. The van der Waals surface area contributed by atoms with Gasteiger partial charge in [0.2, 0.25) is 0 Å². The van der Waals surface area contributed by atoms with Crippen molar-refractivity contribution in [2.24, 2.45) is 11.3 Å². The minimum Gasteiger partial charge on any atom is -0.481 e. The van der Waals surface area contributed by atoms with Gasteiger partial charge in [0.15, 0.2) is 0 Å². The number of carboxylic acids is 1. The Bertz CT molecular complexity index is 323. The summed E-state index contributed by atoms with van der Waals surface area (Å²) < 4.78 is 0. The van der Waals surface area contributed by atoms with Gasteiger partial charge in [-0.05, 0) is 24.9 Å². The molecule has 21 heavy (non-hydrogen) atoms. The molecule has 124 valence electrons. The number of nitrogens with one attached hydrogen (secondary N) is 2. The molecule has 0 rings (SSSR count). The molecule has 0 saturated carbocycles. The average molecular weight is 301 g/mol. The van der Waals surface area contributed by atoms with Crippen LogP contribution in [-0.4, -0.2) is 54.7 Å². The SMILES string of the molecule is CCN(CC)CCNC(=O)NCC(CC(C)(C)C)C(=O)O. The monoisotopic (exact) mass is 301 g/mol. The number of hydrogen-bond donors (Lipinski definition) is 3. The number of carboxylic acid groups (broad SMARTS) is 1. The molecule has 0 aromatic rings. The van der Waals surface area contributed by atoms with E-state index in [-0.39, 0.29) is 18.0 Å². The van der Waals surface area contributed by atoms with Crippen LogP contribution in [0.1, 0.15) is 41.0 Å². The molecule has 0 saturated heterocycles. The van der Waals surface area contributed by atoms with Crippen LogP contribution in [0, 0.1) is 11.3 Å². The van der Waals surface area contributed by atoms with Gasteiger partial charge in [-0.3, -0.25) is 4.79 Å². The predicted octanol–water partition coefficient (Wildman–Crippen LogP) is 1.76. The minimum atomic E-state index is -0.867. The van der Waals surface area contributed by atoms with Gasteiger partial charge in [0.05, 0.1) is 5.92 Å². The van der Waals surface area contributed by atoms with Crippen molar-refractivity contribution >= 4 is 12.0 Å². The average Bonchev–Trinajstić information content (AvgIpc) is 2.38. The van der Waals surface area contributed by atoms with Crippen LogP contribution < -0.4 is 10.6 Å². The fourth-order valence-electron chi connectivity index (χ4n) is 2.13. The highest BCUT2D eigenvalue weighted by Crippen LogP contribution is 2.24. The van der Waals surface area contributed by atoms with Crippen molar-refractivity contribution in [2.75, 3.05) is 32.7 Å².